The summed E-state index contributed by atoms with van der Waals surface area (Å²) in [6, 6.07) is 69.3. The van der Waals surface area contributed by atoms with Crippen LogP contribution in [0.1, 0.15) is 30.4 Å². The molecule has 0 saturated carbocycles. The van der Waals surface area contributed by atoms with Crippen molar-refractivity contribution in [1.82, 2.24) is 9.55 Å². The van der Waals surface area contributed by atoms with E-state index in [1.54, 1.807) is 0 Å². The van der Waals surface area contributed by atoms with Crippen molar-refractivity contribution in [2.75, 3.05) is 9.80 Å². The molecule has 0 atom stereocenters. The Morgan fingerprint density at radius 3 is 1.83 bits per heavy atom. The maximum Gasteiger partial charge on any atom is 0.135 e. The first-order valence-electron chi connectivity index (χ1n) is 22.6. The second-order valence-corrected chi connectivity index (χ2v) is 16.7. The molecule has 3 heterocycles. The quantitative estimate of drug-likeness (QED) is 0.142. The standard InChI is InChI=1S/C58H43N4O.Pt/c1-58(2,3)43-33-34-59-55(35-43)62-51-30-14-13-27-49(51)56-50(42-23-11-6-12-24-42)37-46(38-54(56)62)63-45-26-17-25-44(36-45)60-39-61(53-32-16-15-31-52(53)60)57-47(40-19-7-4-8-20-40)28-18-29-48(57)41-21-9-5-10-22-41;/h4-35,37,39H,1-3H3;/q-3;/i33D,34D,35D;. The molecule has 0 bridgehead atoms. The fourth-order valence-corrected chi connectivity index (χ4v) is 8.64. The van der Waals surface area contributed by atoms with Gasteiger partial charge in [0.1, 0.15) is 5.82 Å². The molecule has 314 valence electrons. The normalized spacial score (nSPS) is 13.0. The largest absolute Gasteiger partial charge is 0.509 e. The van der Waals surface area contributed by atoms with E-state index < -0.39 is 5.41 Å². The summed E-state index contributed by atoms with van der Waals surface area (Å²) >= 11 is 0. The van der Waals surface area contributed by atoms with Crippen LogP contribution in [0.3, 0.4) is 0 Å². The monoisotopic (exact) mass is 1010 g/mol. The summed E-state index contributed by atoms with van der Waals surface area (Å²) in [6.07, 6.45) is -0.183. The maximum atomic E-state index is 9.51. The third-order valence-corrected chi connectivity index (χ3v) is 11.6. The summed E-state index contributed by atoms with van der Waals surface area (Å²) in [7, 11) is 0. The zero-order chi connectivity index (χ0) is 45.1. The number of aromatic nitrogens is 2. The Morgan fingerprint density at radius 2 is 1.17 bits per heavy atom. The van der Waals surface area contributed by atoms with Crippen LogP contribution >= 0.6 is 0 Å². The molecule has 8 aromatic carbocycles. The second kappa shape index (κ2) is 16.8. The van der Waals surface area contributed by atoms with Crippen molar-refractivity contribution >= 4 is 44.6 Å². The van der Waals surface area contributed by atoms with E-state index >= 15 is 0 Å². The van der Waals surface area contributed by atoms with E-state index in [4.69, 9.17) is 7.48 Å². The third-order valence-electron chi connectivity index (χ3n) is 11.6. The number of hydrogen-bond acceptors (Lipinski definition) is 4. The molecule has 0 saturated heterocycles. The molecule has 0 spiro atoms. The van der Waals surface area contributed by atoms with Gasteiger partial charge in [-0.3, -0.25) is 0 Å². The second-order valence-electron chi connectivity index (χ2n) is 16.7. The van der Waals surface area contributed by atoms with Crippen molar-refractivity contribution in [3.8, 4) is 50.7 Å². The maximum absolute atomic E-state index is 9.51. The van der Waals surface area contributed by atoms with Gasteiger partial charge in [0, 0.05) is 72.4 Å². The predicted molar refractivity (Wildman–Crippen MR) is 259 cm³/mol. The average Bonchev–Trinajstić information content (AvgIpc) is 3.89. The molecule has 0 aliphatic carbocycles. The molecule has 5 nitrogen and oxygen atoms in total. The Morgan fingerprint density at radius 1 is 0.594 bits per heavy atom. The first-order valence-corrected chi connectivity index (χ1v) is 21.1. The SMILES string of the molecule is [2H]c1nc(-n2c3[c-]c(Oc4[c-]c(N5[CH-]N(c6c(-c7ccccc7)cccc6-c6ccccc6)c6ccccc65)ccc4)cc(-c4ccccc4)c3c3ccccc32)c([2H])c(C(C)(C)C)c1[2H].[Pt]. The molecule has 0 amide bonds. The smallest absolute Gasteiger partial charge is 0.135 e. The van der Waals surface area contributed by atoms with Gasteiger partial charge in [-0.1, -0.05) is 171 Å². The van der Waals surface area contributed by atoms with Crippen LogP contribution in [0.15, 0.2) is 200 Å². The van der Waals surface area contributed by atoms with Crippen LogP contribution in [-0.4, -0.2) is 9.55 Å². The fourth-order valence-electron chi connectivity index (χ4n) is 8.64. The van der Waals surface area contributed by atoms with Crippen molar-refractivity contribution in [3.05, 3.63) is 225 Å². The van der Waals surface area contributed by atoms with Crippen molar-refractivity contribution in [2.45, 2.75) is 26.2 Å². The van der Waals surface area contributed by atoms with Crippen LogP contribution in [0.2, 0.25) is 0 Å². The van der Waals surface area contributed by atoms with Crippen LogP contribution in [0.5, 0.6) is 11.5 Å². The summed E-state index contributed by atoms with van der Waals surface area (Å²) in [6.45, 7) is 8.03. The third kappa shape index (κ3) is 7.36. The minimum absolute atomic E-state index is 0. The number of nitrogens with zero attached hydrogens (tertiary/aromatic N) is 4. The van der Waals surface area contributed by atoms with Gasteiger partial charge in [0.15, 0.2) is 0 Å². The number of ether oxygens (including phenoxy) is 1. The number of rotatable bonds is 8. The topological polar surface area (TPSA) is 33.5 Å². The molecule has 0 radical (unpaired) electrons. The average molecular weight is 1010 g/mol. The van der Waals surface area contributed by atoms with Gasteiger partial charge in [0.2, 0.25) is 0 Å². The first-order chi connectivity index (χ1) is 32.1. The molecular formula is C58H43N4OPt-3. The van der Waals surface area contributed by atoms with Crippen molar-refractivity contribution < 1.29 is 29.9 Å². The molecular weight excluding hydrogens is 964 g/mol. The Balaban J connectivity index is 0.00000525. The Bertz CT molecular complexity index is 3410. The minimum atomic E-state index is -0.575. The molecule has 6 heteroatoms. The van der Waals surface area contributed by atoms with E-state index in [9.17, 15) is 1.37 Å². The minimum Gasteiger partial charge on any atom is -0.509 e. The Kier molecular flexibility index (Phi) is 9.82. The summed E-state index contributed by atoms with van der Waals surface area (Å²) in [5.41, 5.74) is 11.6. The van der Waals surface area contributed by atoms with Gasteiger partial charge in [-0.25, -0.2) is 4.98 Å². The molecule has 1 aliphatic heterocycles. The van der Waals surface area contributed by atoms with E-state index in [1.807, 2.05) is 98.1 Å². The van der Waals surface area contributed by atoms with E-state index in [0.717, 1.165) is 72.4 Å². The predicted octanol–water partition coefficient (Wildman–Crippen LogP) is 15.3. The zero-order valence-corrected chi connectivity index (χ0v) is 37.7. The number of benzene rings is 8. The van der Waals surface area contributed by atoms with Gasteiger partial charge >= 0.3 is 0 Å². The number of para-hydroxylation sites is 4. The van der Waals surface area contributed by atoms with Gasteiger partial charge in [0.05, 0.1) is 4.11 Å². The molecule has 64 heavy (non-hydrogen) atoms. The zero-order valence-electron chi connectivity index (χ0n) is 38.4. The summed E-state index contributed by atoms with van der Waals surface area (Å²) in [5, 5.41) is 1.86. The van der Waals surface area contributed by atoms with Crippen molar-refractivity contribution in [3.63, 3.8) is 0 Å². The molecule has 10 aromatic rings. The molecule has 2 aromatic heterocycles. The van der Waals surface area contributed by atoms with Gasteiger partial charge in [0.25, 0.3) is 0 Å². The van der Waals surface area contributed by atoms with Gasteiger partial charge in [-0.05, 0) is 63.3 Å². The number of fused-ring (bicyclic) bond motifs is 4. The summed E-state index contributed by atoms with van der Waals surface area (Å²) in [5.74, 6) is 1.21. The Hall–Kier alpha value is -7.20. The fraction of sp³-hybridized carbons (Fsp3) is 0.0690. The van der Waals surface area contributed by atoms with E-state index in [2.05, 4.69) is 143 Å². The van der Waals surface area contributed by atoms with E-state index in [-0.39, 0.29) is 45.1 Å². The summed E-state index contributed by atoms with van der Waals surface area (Å²) < 4.78 is 35.8. The van der Waals surface area contributed by atoms with Crippen LogP contribution in [0.25, 0.3) is 61.0 Å². The van der Waals surface area contributed by atoms with E-state index in [0.29, 0.717) is 22.6 Å². The van der Waals surface area contributed by atoms with Gasteiger partial charge in [-0.2, -0.15) is 6.07 Å². The first kappa shape index (κ1) is 37.4. The molecule has 0 N–H and O–H groups in total. The molecule has 0 unspecified atom stereocenters. The van der Waals surface area contributed by atoms with Crippen LogP contribution in [0.4, 0.5) is 22.7 Å². The molecule has 0 fully saturated rings. The molecule has 1 aliphatic rings. The number of anilines is 4. The number of pyridine rings is 1. The van der Waals surface area contributed by atoms with Crippen molar-refractivity contribution in [2.24, 2.45) is 0 Å². The van der Waals surface area contributed by atoms with Crippen molar-refractivity contribution in [1.29, 1.82) is 0 Å². The molecule has 11 rings (SSSR count). The van der Waals surface area contributed by atoms with Crippen LogP contribution < -0.4 is 14.5 Å². The Labute approximate surface area is 393 Å². The summed E-state index contributed by atoms with van der Waals surface area (Å²) in [4.78, 5) is 9.06. The van der Waals surface area contributed by atoms with Gasteiger partial charge in [-0.15, -0.1) is 48.3 Å². The van der Waals surface area contributed by atoms with Crippen LogP contribution in [-0.2, 0) is 26.5 Å². The number of hydrogen-bond donors (Lipinski definition) is 0. The van der Waals surface area contributed by atoms with E-state index in [1.165, 1.54) is 0 Å². The van der Waals surface area contributed by atoms with Crippen LogP contribution in [0, 0.1) is 18.8 Å². The van der Waals surface area contributed by atoms with Gasteiger partial charge < -0.3 is 19.1 Å².